The van der Waals surface area contributed by atoms with E-state index in [1.807, 2.05) is 24.1 Å². The number of amides is 1. The van der Waals surface area contributed by atoms with E-state index in [4.69, 9.17) is 4.74 Å². The second-order valence-corrected chi connectivity index (χ2v) is 11.2. The van der Waals surface area contributed by atoms with E-state index in [-0.39, 0.29) is 11.3 Å². The van der Waals surface area contributed by atoms with Gasteiger partial charge in [0.1, 0.15) is 0 Å². The van der Waals surface area contributed by atoms with Crippen LogP contribution >= 0.6 is 11.5 Å². The van der Waals surface area contributed by atoms with Gasteiger partial charge in [-0.3, -0.25) is 9.69 Å². The van der Waals surface area contributed by atoms with Gasteiger partial charge in [0.25, 0.3) is 0 Å². The molecule has 2 aliphatic heterocycles. The Balaban J connectivity index is 1.45. The Hall–Kier alpha value is -1.09. The van der Waals surface area contributed by atoms with Crippen molar-refractivity contribution in [1.29, 1.82) is 0 Å². The van der Waals surface area contributed by atoms with Gasteiger partial charge in [0.15, 0.2) is 0 Å². The lowest BCUT2D eigenvalue weighted by atomic mass is 9.80. The van der Waals surface area contributed by atoms with Gasteiger partial charge >= 0.3 is 0 Å². The summed E-state index contributed by atoms with van der Waals surface area (Å²) in [5.74, 6) is 1.75. The van der Waals surface area contributed by atoms with Crippen LogP contribution in [0.2, 0.25) is 0 Å². The summed E-state index contributed by atoms with van der Waals surface area (Å²) in [4.78, 5) is 17.8. The van der Waals surface area contributed by atoms with Gasteiger partial charge in [-0.2, -0.15) is 0 Å². The highest BCUT2D eigenvalue weighted by Crippen LogP contribution is 2.34. The van der Waals surface area contributed by atoms with Gasteiger partial charge in [0.05, 0.1) is 18.4 Å². The van der Waals surface area contributed by atoms with Gasteiger partial charge in [-0.1, -0.05) is 18.3 Å². The molecule has 8 heteroatoms. The molecule has 174 valence electrons. The molecule has 3 atom stereocenters. The van der Waals surface area contributed by atoms with Crippen LogP contribution in [0.1, 0.15) is 58.1 Å². The topological polar surface area (TPSA) is 78.8 Å². The molecule has 2 saturated heterocycles. The number of hydrogen-bond acceptors (Lipinski definition) is 7. The number of carbonyl (C=O) groups is 1. The van der Waals surface area contributed by atoms with Crippen molar-refractivity contribution in [2.24, 2.45) is 23.2 Å². The van der Waals surface area contributed by atoms with Gasteiger partial charge in [-0.05, 0) is 67.9 Å². The van der Waals surface area contributed by atoms with E-state index in [9.17, 15) is 9.90 Å². The van der Waals surface area contributed by atoms with E-state index < -0.39 is 6.10 Å². The van der Waals surface area contributed by atoms with Gasteiger partial charge in [-0.15, -0.1) is 5.10 Å². The SMILES string of the molecule is CC1(C)COCCC[C@H]2CN(Cc3csnn3)CC[C@H]2CC(=O)N(CC2CC2)C[C@@H]1O. The second kappa shape index (κ2) is 10.2. The number of aliphatic hydroxyl groups is 1. The van der Waals surface area contributed by atoms with Crippen molar-refractivity contribution < 1.29 is 14.6 Å². The van der Waals surface area contributed by atoms with E-state index in [0.29, 0.717) is 37.3 Å². The molecule has 3 heterocycles. The number of piperidine rings is 1. The molecule has 31 heavy (non-hydrogen) atoms. The highest BCUT2D eigenvalue weighted by atomic mass is 32.1. The first-order valence-electron chi connectivity index (χ1n) is 11.9. The van der Waals surface area contributed by atoms with Crippen molar-refractivity contribution in [3.63, 3.8) is 0 Å². The van der Waals surface area contributed by atoms with Crippen LogP contribution in [-0.4, -0.2) is 75.9 Å². The molecule has 7 nitrogen and oxygen atoms in total. The molecular weight excluding hydrogens is 412 g/mol. The van der Waals surface area contributed by atoms with Crippen LogP contribution < -0.4 is 0 Å². The lowest BCUT2D eigenvalue weighted by Crippen LogP contribution is -2.47. The Morgan fingerprint density at radius 3 is 2.81 bits per heavy atom. The predicted molar refractivity (Wildman–Crippen MR) is 121 cm³/mol. The maximum Gasteiger partial charge on any atom is 0.222 e. The molecule has 1 amide bonds. The lowest BCUT2D eigenvalue weighted by molar-refractivity contribution is -0.136. The van der Waals surface area contributed by atoms with Crippen LogP contribution in [0.5, 0.6) is 0 Å². The van der Waals surface area contributed by atoms with E-state index in [0.717, 1.165) is 57.7 Å². The summed E-state index contributed by atoms with van der Waals surface area (Å²) in [6.45, 7) is 9.40. The molecule has 1 saturated carbocycles. The van der Waals surface area contributed by atoms with Gasteiger partial charge in [-0.25, -0.2) is 0 Å². The summed E-state index contributed by atoms with van der Waals surface area (Å²) in [7, 11) is 0. The van der Waals surface area contributed by atoms with Crippen molar-refractivity contribution in [2.45, 2.75) is 65.0 Å². The van der Waals surface area contributed by atoms with Crippen LogP contribution in [0, 0.1) is 23.2 Å². The minimum atomic E-state index is -0.569. The zero-order valence-corrected chi connectivity index (χ0v) is 19.9. The maximum absolute atomic E-state index is 13.4. The van der Waals surface area contributed by atoms with Crippen LogP contribution in [-0.2, 0) is 16.1 Å². The molecule has 0 unspecified atom stereocenters. The third kappa shape index (κ3) is 6.46. The lowest BCUT2D eigenvalue weighted by Gasteiger charge is -2.39. The summed E-state index contributed by atoms with van der Waals surface area (Å²) in [5.41, 5.74) is 0.681. The van der Waals surface area contributed by atoms with E-state index in [2.05, 4.69) is 14.5 Å². The summed E-state index contributed by atoms with van der Waals surface area (Å²) in [6.07, 6.45) is 5.57. The van der Waals surface area contributed by atoms with Gasteiger partial charge < -0.3 is 14.7 Å². The maximum atomic E-state index is 13.4. The zero-order chi connectivity index (χ0) is 21.8. The number of aromatic nitrogens is 2. The number of β-amino-alcohol motifs (C(OH)–C–C–N with tert-alkyl or cyclic N) is 1. The van der Waals surface area contributed by atoms with E-state index in [1.165, 1.54) is 24.4 Å². The van der Waals surface area contributed by atoms with Crippen molar-refractivity contribution in [2.75, 3.05) is 39.4 Å². The molecule has 1 N–H and O–H groups in total. The molecular formula is C23H38N4O3S. The smallest absolute Gasteiger partial charge is 0.222 e. The van der Waals surface area contributed by atoms with Crippen LogP contribution in [0.3, 0.4) is 0 Å². The first-order valence-corrected chi connectivity index (χ1v) is 12.8. The number of aliphatic hydroxyl groups excluding tert-OH is 1. The Morgan fingerprint density at radius 1 is 1.23 bits per heavy atom. The van der Waals surface area contributed by atoms with Crippen molar-refractivity contribution in [3.05, 3.63) is 11.1 Å². The predicted octanol–water partition coefficient (Wildman–Crippen LogP) is 2.80. The van der Waals surface area contributed by atoms with Gasteiger partial charge in [0, 0.05) is 50.0 Å². The average molecular weight is 451 g/mol. The minimum Gasteiger partial charge on any atom is -0.391 e. The fourth-order valence-corrected chi connectivity index (χ4v) is 5.40. The summed E-state index contributed by atoms with van der Waals surface area (Å²) in [5, 5.41) is 17.1. The number of likely N-dealkylation sites (tertiary alicyclic amines) is 1. The fraction of sp³-hybridized carbons (Fsp3) is 0.870. The number of carbonyl (C=O) groups excluding carboxylic acids is 1. The largest absolute Gasteiger partial charge is 0.391 e. The Morgan fingerprint density at radius 2 is 2.06 bits per heavy atom. The molecule has 4 rings (SSSR count). The molecule has 1 aromatic rings. The van der Waals surface area contributed by atoms with Crippen LogP contribution in [0.25, 0.3) is 0 Å². The molecule has 1 aromatic heterocycles. The summed E-state index contributed by atoms with van der Waals surface area (Å²) in [6, 6.07) is 0. The third-order valence-electron chi connectivity index (χ3n) is 7.36. The highest BCUT2D eigenvalue weighted by Gasteiger charge is 2.37. The first-order chi connectivity index (χ1) is 14.9. The fourth-order valence-electron chi connectivity index (χ4n) is 4.96. The second-order valence-electron chi connectivity index (χ2n) is 10.6. The van der Waals surface area contributed by atoms with Gasteiger partial charge in [0.2, 0.25) is 5.91 Å². The molecule has 0 spiro atoms. The molecule has 3 aliphatic rings. The van der Waals surface area contributed by atoms with Crippen molar-refractivity contribution in [1.82, 2.24) is 19.4 Å². The minimum absolute atomic E-state index is 0.231. The Kier molecular flexibility index (Phi) is 7.62. The third-order valence-corrected chi connectivity index (χ3v) is 7.92. The van der Waals surface area contributed by atoms with E-state index >= 15 is 0 Å². The molecule has 0 bridgehead atoms. The first kappa shape index (κ1) is 23.1. The number of rotatable bonds is 4. The molecule has 1 aliphatic carbocycles. The molecule has 3 fully saturated rings. The standard InChI is InChI=1S/C23H38N4O3S/c1-23(2)16-30-9-3-4-19-12-26(13-20-15-31-25-24-20)8-7-18(19)10-22(29)27(14-21(23)28)11-17-5-6-17/h15,17-19,21,28H,3-14,16H2,1-2H3/t18-,19-,21-/m0/s1. The number of fused-ring (bicyclic) bond motifs is 1. The summed E-state index contributed by atoms with van der Waals surface area (Å²) >= 11 is 1.40. The van der Waals surface area contributed by atoms with E-state index in [1.54, 1.807) is 0 Å². The quantitative estimate of drug-likeness (QED) is 0.760. The van der Waals surface area contributed by atoms with Crippen LogP contribution in [0.15, 0.2) is 5.38 Å². The van der Waals surface area contributed by atoms with Crippen molar-refractivity contribution >= 4 is 17.4 Å². The average Bonchev–Trinajstić information content (AvgIpc) is 3.40. The number of hydrogen-bond donors (Lipinski definition) is 1. The zero-order valence-electron chi connectivity index (χ0n) is 19.0. The Labute approximate surface area is 190 Å². The normalized spacial score (nSPS) is 31.4. The summed E-state index contributed by atoms with van der Waals surface area (Å²) < 4.78 is 9.98. The Bertz CT molecular complexity index is 710. The number of ether oxygens (including phenoxy) is 1. The molecule has 0 radical (unpaired) electrons. The monoisotopic (exact) mass is 450 g/mol. The number of nitrogens with zero attached hydrogens (tertiary/aromatic N) is 4. The molecule has 0 aromatic carbocycles. The van der Waals surface area contributed by atoms with Crippen molar-refractivity contribution in [3.8, 4) is 0 Å². The highest BCUT2D eigenvalue weighted by molar-refractivity contribution is 7.03. The van der Waals surface area contributed by atoms with Crippen LogP contribution in [0.4, 0.5) is 0 Å².